The highest BCUT2D eigenvalue weighted by Gasteiger charge is 2.20. The standard InChI is InChI=1S/C38H73NO6/c1-6-11-15-20-24-34(25-21-16-12-7-2)32-43-36(40)27-22-17-23-30-39(29-10-5)31-35(45-38(42)28-19-14-9-4)33-44-37(41)26-18-13-8-3/h34-35H,6-33H2,1-5H3. The summed E-state index contributed by atoms with van der Waals surface area (Å²) in [7, 11) is 0. The van der Waals surface area contributed by atoms with Gasteiger partial charge in [0.25, 0.3) is 0 Å². The number of carbonyl (C=O) groups excluding carboxylic acids is 3. The van der Waals surface area contributed by atoms with Crippen LogP contribution in [0.15, 0.2) is 0 Å². The average molecular weight is 640 g/mol. The number of hydrogen-bond donors (Lipinski definition) is 0. The molecular formula is C38H73NO6. The van der Waals surface area contributed by atoms with Gasteiger partial charge in [0.05, 0.1) is 6.61 Å². The first kappa shape index (κ1) is 43.4. The fourth-order valence-electron chi connectivity index (χ4n) is 5.66. The van der Waals surface area contributed by atoms with E-state index < -0.39 is 6.10 Å². The van der Waals surface area contributed by atoms with Crippen molar-refractivity contribution in [2.24, 2.45) is 5.92 Å². The van der Waals surface area contributed by atoms with E-state index in [2.05, 4.69) is 39.5 Å². The van der Waals surface area contributed by atoms with Gasteiger partial charge in [-0.2, -0.15) is 0 Å². The third kappa shape index (κ3) is 28.3. The Hall–Kier alpha value is -1.63. The monoisotopic (exact) mass is 640 g/mol. The maximum absolute atomic E-state index is 12.5. The first-order chi connectivity index (χ1) is 21.9. The Balaban J connectivity index is 4.68. The maximum Gasteiger partial charge on any atom is 0.306 e. The van der Waals surface area contributed by atoms with E-state index in [1.165, 1.54) is 64.2 Å². The largest absolute Gasteiger partial charge is 0.465 e. The summed E-state index contributed by atoms with van der Waals surface area (Å²) in [6.45, 7) is 13.8. The summed E-state index contributed by atoms with van der Waals surface area (Å²) >= 11 is 0. The molecule has 0 heterocycles. The lowest BCUT2D eigenvalue weighted by Gasteiger charge is -2.27. The highest BCUT2D eigenvalue weighted by atomic mass is 16.6. The van der Waals surface area contributed by atoms with Gasteiger partial charge in [0.15, 0.2) is 0 Å². The molecule has 7 heteroatoms. The van der Waals surface area contributed by atoms with E-state index in [1.807, 2.05) is 0 Å². The van der Waals surface area contributed by atoms with E-state index in [0.717, 1.165) is 77.3 Å². The normalized spacial score (nSPS) is 12.1. The van der Waals surface area contributed by atoms with E-state index in [4.69, 9.17) is 14.2 Å². The van der Waals surface area contributed by atoms with E-state index in [9.17, 15) is 14.4 Å². The zero-order chi connectivity index (χ0) is 33.4. The Bertz CT molecular complexity index is 688. The Morgan fingerprint density at radius 1 is 0.489 bits per heavy atom. The number of nitrogens with zero attached hydrogens (tertiary/aromatic N) is 1. The van der Waals surface area contributed by atoms with E-state index >= 15 is 0 Å². The highest BCUT2D eigenvalue weighted by molar-refractivity contribution is 5.70. The first-order valence-electron chi connectivity index (χ1n) is 19.1. The van der Waals surface area contributed by atoms with Crippen LogP contribution < -0.4 is 0 Å². The quantitative estimate of drug-likeness (QED) is 0.0401. The summed E-state index contributed by atoms with van der Waals surface area (Å²) in [5.41, 5.74) is 0. The number of esters is 3. The fourth-order valence-corrected chi connectivity index (χ4v) is 5.66. The van der Waals surface area contributed by atoms with Crippen molar-refractivity contribution in [1.82, 2.24) is 4.90 Å². The number of hydrogen-bond acceptors (Lipinski definition) is 7. The molecule has 0 aliphatic rings. The van der Waals surface area contributed by atoms with Crippen molar-refractivity contribution in [3.63, 3.8) is 0 Å². The van der Waals surface area contributed by atoms with Gasteiger partial charge in [-0.1, -0.05) is 118 Å². The number of rotatable bonds is 33. The van der Waals surface area contributed by atoms with Crippen molar-refractivity contribution in [2.45, 2.75) is 188 Å². The van der Waals surface area contributed by atoms with E-state index in [-0.39, 0.29) is 24.5 Å². The molecule has 0 aliphatic heterocycles. The van der Waals surface area contributed by atoms with Crippen LogP contribution in [0.3, 0.4) is 0 Å². The molecule has 45 heavy (non-hydrogen) atoms. The smallest absolute Gasteiger partial charge is 0.306 e. The highest BCUT2D eigenvalue weighted by Crippen LogP contribution is 2.19. The molecule has 0 radical (unpaired) electrons. The van der Waals surface area contributed by atoms with Crippen molar-refractivity contribution in [3.05, 3.63) is 0 Å². The van der Waals surface area contributed by atoms with Gasteiger partial charge in [0, 0.05) is 25.8 Å². The summed E-state index contributed by atoms with van der Waals surface area (Å²) < 4.78 is 17.1. The third-order valence-electron chi connectivity index (χ3n) is 8.47. The van der Waals surface area contributed by atoms with Gasteiger partial charge in [0.1, 0.15) is 12.7 Å². The minimum Gasteiger partial charge on any atom is -0.465 e. The molecule has 1 atom stereocenters. The van der Waals surface area contributed by atoms with Gasteiger partial charge in [-0.05, 0) is 64.0 Å². The van der Waals surface area contributed by atoms with E-state index in [0.29, 0.717) is 38.3 Å². The van der Waals surface area contributed by atoms with Crippen molar-refractivity contribution in [1.29, 1.82) is 0 Å². The Kier molecular flexibility index (Phi) is 31.1. The molecule has 0 spiro atoms. The third-order valence-corrected chi connectivity index (χ3v) is 8.47. The number of carbonyl (C=O) groups is 3. The molecule has 0 amide bonds. The van der Waals surface area contributed by atoms with Crippen LogP contribution in [0.25, 0.3) is 0 Å². The molecular weight excluding hydrogens is 566 g/mol. The summed E-state index contributed by atoms with van der Waals surface area (Å²) in [4.78, 5) is 39.6. The molecule has 0 saturated heterocycles. The Morgan fingerprint density at radius 2 is 0.956 bits per heavy atom. The topological polar surface area (TPSA) is 82.1 Å². The minimum atomic E-state index is -0.465. The van der Waals surface area contributed by atoms with Crippen LogP contribution in [0, 0.1) is 5.92 Å². The first-order valence-corrected chi connectivity index (χ1v) is 19.1. The average Bonchev–Trinajstić information content (AvgIpc) is 3.02. The summed E-state index contributed by atoms with van der Waals surface area (Å²) in [5.74, 6) is -0.00350. The molecule has 0 aromatic rings. The predicted octanol–water partition coefficient (Wildman–Crippen LogP) is 9.97. The number of ether oxygens (including phenoxy) is 3. The molecule has 0 rings (SSSR count). The molecule has 0 bridgehead atoms. The summed E-state index contributed by atoms with van der Waals surface area (Å²) in [6, 6.07) is 0. The molecule has 1 unspecified atom stereocenters. The van der Waals surface area contributed by atoms with Crippen molar-refractivity contribution >= 4 is 17.9 Å². The van der Waals surface area contributed by atoms with Gasteiger partial charge in [-0.3, -0.25) is 19.3 Å². The molecule has 0 N–H and O–H groups in total. The van der Waals surface area contributed by atoms with Gasteiger partial charge in [-0.25, -0.2) is 0 Å². The molecule has 0 fully saturated rings. The molecule has 7 nitrogen and oxygen atoms in total. The summed E-state index contributed by atoms with van der Waals surface area (Å²) in [6.07, 6.45) is 22.7. The number of unbranched alkanes of at least 4 members (excludes halogenated alkanes) is 12. The van der Waals surface area contributed by atoms with Crippen LogP contribution in [0.4, 0.5) is 0 Å². The van der Waals surface area contributed by atoms with Gasteiger partial charge < -0.3 is 14.2 Å². The minimum absolute atomic E-state index is 0.0664. The van der Waals surface area contributed by atoms with Crippen molar-refractivity contribution < 1.29 is 28.6 Å². The van der Waals surface area contributed by atoms with Gasteiger partial charge in [-0.15, -0.1) is 0 Å². The Labute approximate surface area is 278 Å². The van der Waals surface area contributed by atoms with Crippen LogP contribution in [0.1, 0.15) is 182 Å². The lowest BCUT2D eigenvalue weighted by atomic mass is 9.95. The van der Waals surface area contributed by atoms with Crippen LogP contribution in [-0.4, -0.2) is 61.8 Å². The van der Waals surface area contributed by atoms with Crippen LogP contribution in [-0.2, 0) is 28.6 Å². The van der Waals surface area contributed by atoms with Crippen molar-refractivity contribution in [2.75, 3.05) is 32.8 Å². The second kappa shape index (κ2) is 32.3. The van der Waals surface area contributed by atoms with E-state index in [1.54, 1.807) is 0 Å². The summed E-state index contributed by atoms with van der Waals surface area (Å²) in [5, 5.41) is 0. The van der Waals surface area contributed by atoms with Gasteiger partial charge in [0.2, 0.25) is 0 Å². The molecule has 0 aromatic carbocycles. The van der Waals surface area contributed by atoms with Crippen LogP contribution in [0.5, 0.6) is 0 Å². The van der Waals surface area contributed by atoms with Crippen LogP contribution >= 0.6 is 0 Å². The lowest BCUT2D eigenvalue weighted by Crippen LogP contribution is -2.39. The zero-order valence-electron chi connectivity index (χ0n) is 30.4. The molecule has 0 aliphatic carbocycles. The Morgan fingerprint density at radius 3 is 1.49 bits per heavy atom. The predicted molar refractivity (Wildman–Crippen MR) is 186 cm³/mol. The second-order valence-electron chi connectivity index (χ2n) is 13.1. The maximum atomic E-state index is 12.5. The van der Waals surface area contributed by atoms with Crippen molar-refractivity contribution in [3.8, 4) is 0 Å². The van der Waals surface area contributed by atoms with Gasteiger partial charge >= 0.3 is 17.9 Å². The molecule has 0 saturated carbocycles. The lowest BCUT2D eigenvalue weighted by molar-refractivity contribution is -0.160. The van der Waals surface area contributed by atoms with Crippen LogP contribution in [0.2, 0.25) is 0 Å². The fraction of sp³-hybridized carbons (Fsp3) is 0.921. The second-order valence-corrected chi connectivity index (χ2v) is 13.1. The SMILES string of the molecule is CCCCCCC(CCCCCC)COC(=O)CCCCCN(CCC)CC(COC(=O)CCCCC)OC(=O)CCCCC. The molecule has 266 valence electrons. The molecule has 0 aromatic heterocycles. The zero-order valence-corrected chi connectivity index (χ0v) is 30.4.